The molecule has 1 aromatic heterocycles. The molecule has 25 heavy (non-hydrogen) atoms. The van der Waals surface area contributed by atoms with E-state index < -0.39 is 0 Å². The Balaban J connectivity index is 0.00000312. The predicted octanol–water partition coefficient (Wildman–Crippen LogP) is 2.34. The molecule has 0 fully saturated rings. The fourth-order valence-electron chi connectivity index (χ4n) is 2.10. The lowest BCUT2D eigenvalue weighted by molar-refractivity contribution is 0.355. The van der Waals surface area contributed by atoms with E-state index in [4.69, 9.17) is 9.47 Å². The van der Waals surface area contributed by atoms with E-state index in [-0.39, 0.29) is 24.0 Å². The number of rotatable bonds is 6. The molecule has 0 saturated carbocycles. The van der Waals surface area contributed by atoms with Gasteiger partial charge in [0.1, 0.15) is 12.4 Å². The van der Waals surface area contributed by atoms with Crippen LogP contribution in [-0.4, -0.2) is 41.5 Å². The molecule has 138 valence electrons. The minimum Gasteiger partial charge on any atom is -0.493 e. The number of methoxy groups -OCH3 is 2. The molecule has 0 aliphatic carbocycles. The molecule has 0 aliphatic rings. The third-order valence-corrected chi connectivity index (χ3v) is 3.55. The van der Waals surface area contributed by atoms with Gasteiger partial charge >= 0.3 is 0 Å². The van der Waals surface area contributed by atoms with Gasteiger partial charge in [-0.2, -0.15) is 0 Å². The zero-order valence-electron chi connectivity index (χ0n) is 15.2. The van der Waals surface area contributed by atoms with E-state index in [0.29, 0.717) is 24.0 Å². The average molecular weight is 460 g/mol. The van der Waals surface area contributed by atoms with Gasteiger partial charge in [-0.1, -0.05) is 0 Å². The van der Waals surface area contributed by atoms with Gasteiger partial charge < -0.3 is 24.7 Å². The summed E-state index contributed by atoms with van der Waals surface area (Å²) in [7, 11) is 5.14. The maximum Gasteiger partial charge on any atom is 0.196 e. The second-order valence-corrected chi connectivity index (χ2v) is 5.11. The molecule has 0 amide bonds. The molecule has 0 atom stereocenters. The predicted molar refractivity (Wildman–Crippen MR) is 109 cm³/mol. The van der Waals surface area contributed by atoms with Gasteiger partial charge in [0.15, 0.2) is 23.3 Å². The Morgan fingerprint density at radius 3 is 2.48 bits per heavy atom. The Morgan fingerprint density at radius 1 is 1.20 bits per heavy atom. The van der Waals surface area contributed by atoms with Gasteiger partial charge in [-0.25, -0.2) is 4.99 Å². The number of anilines is 1. The zero-order chi connectivity index (χ0) is 17.5. The first kappa shape index (κ1) is 21.0. The average Bonchev–Trinajstić information content (AvgIpc) is 2.91. The number of nitrogens with zero attached hydrogens (tertiary/aromatic N) is 4. The van der Waals surface area contributed by atoms with E-state index >= 15 is 0 Å². The fourth-order valence-corrected chi connectivity index (χ4v) is 2.10. The Hall–Kier alpha value is -2.04. The summed E-state index contributed by atoms with van der Waals surface area (Å²) in [5.41, 5.74) is 0.849. The normalized spacial score (nSPS) is 10.8. The highest BCUT2D eigenvalue weighted by atomic mass is 127. The van der Waals surface area contributed by atoms with E-state index in [1.165, 1.54) is 0 Å². The fraction of sp³-hybridized carbons (Fsp3) is 0.438. The highest BCUT2D eigenvalue weighted by molar-refractivity contribution is 14.0. The molecule has 1 heterocycles. The van der Waals surface area contributed by atoms with Crippen LogP contribution in [0.2, 0.25) is 0 Å². The summed E-state index contributed by atoms with van der Waals surface area (Å²) in [6, 6.07) is 5.61. The van der Waals surface area contributed by atoms with Crippen molar-refractivity contribution < 1.29 is 9.47 Å². The van der Waals surface area contributed by atoms with E-state index in [1.54, 1.807) is 14.2 Å². The number of guanidine groups is 1. The van der Waals surface area contributed by atoms with Crippen LogP contribution in [0.25, 0.3) is 0 Å². The lowest BCUT2D eigenvalue weighted by Gasteiger charge is -2.13. The number of ether oxygens (including phenoxy) is 2. The van der Waals surface area contributed by atoms with Crippen molar-refractivity contribution in [2.75, 3.05) is 26.1 Å². The third-order valence-electron chi connectivity index (χ3n) is 3.55. The monoisotopic (exact) mass is 460 g/mol. The van der Waals surface area contributed by atoms with Crippen molar-refractivity contribution in [1.82, 2.24) is 20.1 Å². The Bertz CT molecular complexity index is 717. The molecule has 2 N–H and O–H groups in total. The van der Waals surface area contributed by atoms with E-state index in [2.05, 4.69) is 25.8 Å². The number of hydrogen-bond acceptors (Lipinski definition) is 5. The highest BCUT2D eigenvalue weighted by Gasteiger charge is 2.08. The first-order valence-corrected chi connectivity index (χ1v) is 7.71. The summed E-state index contributed by atoms with van der Waals surface area (Å²) < 4.78 is 12.5. The number of aryl methyl sites for hydroxylation is 1. The van der Waals surface area contributed by atoms with Crippen molar-refractivity contribution in [3.63, 3.8) is 0 Å². The Kier molecular flexibility index (Phi) is 8.46. The van der Waals surface area contributed by atoms with Gasteiger partial charge in [0.25, 0.3) is 0 Å². The summed E-state index contributed by atoms with van der Waals surface area (Å²) in [6.07, 6.45) is 0. The number of benzene rings is 1. The van der Waals surface area contributed by atoms with Crippen molar-refractivity contribution in [1.29, 1.82) is 0 Å². The Morgan fingerprint density at radius 2 is 1.92 bits per heavy atom. The van der Waals surface area contributed by atoms with Gasteiger partial charge in [0.05, 0.1) is 14.2 Å². The first-order chi connectivity index (χ1) is 11.6. The SMILES string of the molecule is CCNC(=NCc1nnc(C)n1C)Nc1ccc(OC)c(OC)c1.I. The van der Waals surface area contributed by atoms with Gasteiger partial charge in [-0.3, -0.25) is 0 Å². The molecule has 0 aliphatic heterocycles. The molecule has 0 radical (unpaired) electrons. The van der Waals surface area contributed by atoms with Crippen LogP contribution in [-0.2, 0) is 13.6 Å². The minimum absolute atomic E-state index is 0. The maximum absolute atomic E-state index is 5.32. The van der Waals surface area contributed by atoms with Crippen LogP contribution in [0, 0.1) is 6.92 Å². The number of aliphatic imine (C=N–C) groups is 1. The van der Waals surface area contributed by atoms with Crippen molar-refractivity contribution >= 4 is 35.6 Å². The van der Waals surface area contributed by atoms with E-state index in [9.17, 15) is 0 Å². The lowest BCUT2D eigenvalue weighted by Crippen LogP contribution is -2.30. The molecule has 1 aromatic carbocycles. The van der Waals surface area contributed by atoms with Crippen molar-refractivity contribution in [3.05, 3.63) is 29.8 Å². The van der Waals surface area contributed by atoms with Crippen LogP contribution in [0.1, 0.15) is 18.6 Å². The van der Waals surface area contributed by atoms with Gasteiger partial charge in [0.2, 0.25) is 0 Å². The standard InChI is InChI=1S/C16H24N6O2.HI/c1-6-17-16(18-10-15-21-20-11(2)22(15)3)19-12-7-8-13(23-4)14(9-12)24-5;/h7-9H,6,10H2,1-5H3,(H2,17,18,19);1H. The lowest BCUT2D eigenvalue weighted by atomic mass is 10.3. The largest absolute Gasteiger partial charge is 0.493 e. The Labute approximate surface area is 165 Å². The molecule has 2 aromatic rings. The molecule has 0 spiro atoms. The summed E-state index contributed by atoms with van der Waals surface area (Å²) in [4.78, 5) is 4.55. The quantitative estimate of drug-likeness (QED) is 0.391. The topological polar surface area (TPSA) is 85.6 Å². The van der Waals surface area contributed by atoms with Crippen LogP contribution >= 0.6 is 24.0 Å². The van der Waals surface area contributed by atoms with E-state index in [1.807, 2.05) is 43.7 Å². The number of hydrogen-bond donors (Lipinski definition) is 2. The summed E-state index contributed by atoms with van der Waals surface area (Å²) in [5.74, 6) is 3.65. The second kappa shape index (κ2) is 10.1. The van der Waals surface area contributed by atoms with Crippen molar-refractivity contribution in [2.24, 2.45) is 12.0 Å². The molecular formula is C16H25IN6O2. The van der Waals surface area contributed by atoms with Crippen molar-refractivity contribution in [2.45, 2.75) is 20.4 Å². The third kappa shape index (κ3) is 5.48. The van der Waals surface area contributed by atoms with Crippen LogP contribution in [0.4, 0.5) is 5.69 Å². The molecule has 2 rings (SSSR count). The highest BCUT2D eigenvalue weighted by Crippen LogP contribution is 2.29. The summed E-state index contributed by atoms with van der Waals surface area (Å²) >= 11 is 0. The van der Waals surface area contributed by atoms with Crippen LogP contribution in [0.5, 0.6) is 11.5 Å². The molecule has 9 heteroatoms. The summed E-state index contributed by atoms with van der Waals surface area (Å²) in [5, 5.41) is 14.6. The van der Waals surface area contributed by atoms with Gasteiger partial charge in [-0.15, -0.1) is 34.2 Å². The molecule has 0 saturated heterocycles. The zero-order valence-corrected chi connectivity index (χ0v) is 17.5. The van der Waals surface area contributed by atoms with Crippen LogP contribution < -0.4 is 20.1 Å². The first-order valence-electron chi connectivity index (χ1n) is 7.71. The molecule has 0 bridgehead atoms. The second-order valence-electron chi connectivity index (χ2n) is 5.11. The maximum atomic E-state index is 5.32. The van der Waals surface area contributed by atoms with E-state index in [0.717, 1.165) is 23.9 Å². The number of nitrogens with one attached hydrogen (secondary N) is 2. The minimum atomic E-state index is 0. The number of halogens is 1. The molecule has 8 nitrogen and oxygen atoms in total. The molecule has 0 unspecified atom stereocenters. The van der Waals surface area contributed by atoms with Crippen LogP contribution in [0.15, 0.2) is 23.2 Å². The molecular weight excluding hydrogens is 435 g/mol. The number of aromatic nitrogens is 3. The van der Waals surface area contributed by atoms with Crippen molar-refractivity contribution in [3.8, 4) is 11.5 Å². The van der Waals surface area contributed by atoms with Gasteiger partial charge in [-0.05, 0) is 26.0 Å². The summed E-state index contributed by atoms with van der Waals surface area (Å²) in [6.45, 7) is 5.10. The smallest absolute Gasteiger partial charge is 0.196 e. The van der Waals surface area contributed by atoms with Crippen LogP contribution in [0.3, 0.4) is 0 Å². The van der Waals surface area contributed by atoms with Gasteiger partial charge in [0, 0.05) is 25.3 Å².